The molecule has 30 heavy (non-hydrogen) atoms. The zero-order valence-corrected chi connectivity index (χ0v) is 16.4. The second-order valence-corrected chi connectivity index (χ2v) is 7.33. The molecule has 3 heterocycles. The number of methoxy groups -OCH3 is 1. The maximum absolute atomic E-state index is 13.4. The minimum atomic E-state index is -0.176. The number of nitrogens with one attached hydrogen (secondary N) is 1. The number of rotatable bonds is 3. The highest BCUT2D eigenvalue weighted by atomic mass is 16.5. The number of phenolic OH excluding ortho intramolecular Hbond substituents is 1. The summed E-state index contributed by atoms with van der Waals surface area (Å²) in [5.41, 5.74) is 3.74. The average molecular weight is 400 g/mol. The zero-order valence-electron chi connectivity index (χ0n) is 16.4. The summed E-state index contributed by atoms with van der Waals surface area (Å²) in [6.07, 6.45) is 1.64. The third-order valence-corrected chi connectivity index (χ3v) is 5.51. The number of benzene rings is 2. The van der Waals surface area contributed by atoms with Gasteiger partial charge in [0.05, 0.1) is 36.9 Å². The molecule has 150 valence electrons. The zero-order chi connectivity index (χ0) is 20.7. The van der Waals surface area contributed by atoms with Gasteiger partial charge in [-0.1, -0.05) is 24.3 Å². The predicted molar refractivity (Wildman–Crippen MR) is 112 cm³/mol. The topological polar surface area (TPSA) is 91.3 Å². The van der Waals surface area contributed by atoms with Crippen molar-refractivity contribution < 1.29 is 14.6 Å². The Morgan fingerprint density at radius 1 is 1.20 bits per heavy atom. The lowest BCUT2D eigenvalue weighted by Gasteiger charge is -2.32. The second kappa shape index (κ2) is 7.18. The number of nitrogens with zero attached hydrogens (tertiary/aromatic N) is 3. The van der Waals surface area contributed by atoms with E-state index in [-0.39, 0.29) is 17.6 Å². The van der Waals surface area contributed by atoms with Crippen LogP contribution in [0.1, 0.15) is 33.4 Å². The molecule has 0 saturated carbocycles. The fourth-order valence-electron chi connectivity index (χ4n) is 4.06. The minimum Gasteiger partial charge on any atom is -0.508 e. The third kappa shape index (κ3) is 3.04. The maximum Gasteiger partial charge on any atom is 0.272 e. The van der Waals surface area contributed by atoms with Crippen molar-refractivity contribution in [3.63, 3.8) is 0 Å². The van der Waals surface area contributed by atoms with Gasteiger partial charge in [0.1, 0.15) is 17.2 Å². The molecule has 1 atom stereocenters. The number of pyridine rings is 1. The fraction of sp³-hybridized carbons (Fsp3) is 0.174. The summed E-state index contributed by atoms with van der Waals surface area (Å²) in [7, 11) is 1.59. The van der Waals surface area contributed by atoms with Crippen LogP contribution in [-0.4, -0.2) is 44.5 Å². The molecule has 1 aliphatic heterocycles. The van der Waals surface area contributed by atoms with Gasteiger partial charge in [0, 0.05) is 23.9 Å². The molecule has 0 spiro atoms. The van der Waals surface area contributed by atoms with Crippen LogP contribution in [0.5, 0.6) is 11.5 Å². The maximum atomic E-state index is 13.4. The molecule has 0 bridgehead atoms. The number of ether oxygens (including phenoxy) is 1. The molecule has 0 radical (unpaired) electrons. The first-order valence-corrected chi connectivity index (χ1v) is 9.68. The molecule has 0 saturated heterocycles. The number of aromatic nitrogens is 3. The number of para-hydroxylation sites is 1. The quantitative estimate of drug-likeness (QED) is 0.550. The molecule has 0 fully saturated rings. The molecular weight excluding hydrogens is 380 g/mol. The van der Waals surface area contributed by atoms with Gasteiger partial charge < -0.3 is 19.7 Å². The molecule has 2 aromatic carbocycles. The van der Waals surface area contributed by atoms with E-state index in [9.17, 15) is 9.90 Å². The summed E-state index contributed by atoms with van der Waals surface area (Å²) in [6.45, 7) is 0.858. The summed E-state index contributed by atoms with van der Waals surface area (Å²) in [5.74, 6) is 0.490. The number of H-pyrrole nitrogens is 1. The van der Waals surface area contributed by atoms with Crippen LogP contribution in [0.2, 0.25) is 0 Å². The molecule has 2 aromatic heterocycles. The highest BCUT2D eigenvalue weighted by Crippen LogP contribution is 2.34. The van der Waals surface area contributed by atoms with Crippen molar-refractivity contribution in [3.8, 4) is 11.5 Å². The van der Waals surface area contributed by atoms with E-state index >= 15 is 0 Å². The lowest BCUT2D eigenvalue weighted by Crippen LogP contribution is -2.39. The van der Waals surface area contributed by atoms with E-state index in [1.165, 1.54) is 0 Å². The van der Waals surface area contributed by atoms with E-state index in [0.29, 0.717) is 30.0 Å². The van der Waals surface area contributed by atoms with Crippen LogP contribution in [-0.2, 0) is 6.54 Å². The fourth-order valence-corrected chi connectivity index (χ4v) is 4.06. The van der Waals surface area contributed by atoms with E-state index in [1.54, 1.807) is 42.6 Å². The van der Waals surface area contributed by atoms with E-state index in [2.05, 4.69) is 15.0 Å². The van der Waals surface area contributed by atoms with Crippen LogP contribution < -0.4 is 4.74 Å². The van der Waals surface area contributed by atoms with E-state index in [4.69, 9.17) is 4.74 Å². The number of amides is 1. The number of imidazole rings is 1. The Hall–Kier alpha value is -3.87. The first-order valence-electron chi connectivity index (χ1n) is 9.68. The van der Waals surface area contributed by atoms with Gasteiger partial charge in [0.25, 0.3) is 5.91 Å². The number of carbonyl (C=O) groups excluding carboxylic acids is 1. The van der Waals surface area contributed by atoms with E-state index in [0.717, 1.165) is 22.3 Å². The highest BCUT2D eigenvalue weighted by Gasteiger charge is 2.32. The molecule has 7 nitrogen and oxygen atoms in total. The molecule has 4 aromatic rings. The normalized spacial score (nSPS) is 15.8. The number of fused-ring (bicyclic) bond motifs is 2. The number of carbonyl (C=O) groups is 1. The Morgan fingerprint density at radius 2 is 2.07 bits per heavy atom. The minimum absolute atomic E-state index is 0.140. The first-order chi connectivity index (χ1) is 14.6. The SMILES string of the molecule is COc1cc(C(=O)N2Cc3[nH]cnc3C(c3cccc(O)c3)C2)nc2ccccc12. The lowest BCUT2D eigenvalue weighted by molar-refractivity contribution is 0.0716. The second-order valence-electron chi connectivity index (χ2n) is 7.33. The Balaban J connectivity index is 1.53. The van der Waals surface area contributed by atoms with Crippen molar-refractivity contribution >= 4 is 16.8 Å². The van der Waals surface area contributed by atoms with Crippen LogP contribution in [0.3, 0.4) is 0 Å². The van der Waals surface area contributed by atoms with Gasteiger partial charge in [-0.05, 0) is 29.8 Å². The van der Waals surface area contributed by atoms with Crippen molar-refractivity contribution in [1.82, 2.24) is 19.9 Å². The largest absolute Gasteiger partial charge is 0.508 e. The standard InChI is InChI=1S/C23H20N4O3/c1-30-21-10-19(26-18-8-3-2-7-16(18)21)23(29)27-11-17(14-5-4-6-15(28)9-14)22-20(12-27)24-13-25-22/h2-10,13,17,28H,11-12H2,1H3,(H,24,25). The smallest absolute Gasteiger partial charge is 0.272 e. The van der Waals surface area contributed by atoms with Gasteiger partial charge >= 0.3 is 0 Å². The van der Waals surface area contributed by atoms with Crippen LogP contribution in [0, 0.1) is 0 Å². The Labute approximate surface area is 173 Å². The summed E-state index contributed by atoms with van der Waals surface area (Å²) in [6, 6.07) is 16.4. The molecule has 2 N–H and O–H groups in total. The van der Waals surface area contributed by atoms with Gasteiger partial charge in [-0.25, -0.2) is 9.97 Å². The van der Waals surface area contributed by atoms with E-state index < -0.39 is 0 Å². The van der Waals surface area contributed by atoms with Crippen molar-refractivity contribution in [3.05, 3.63) is 83.6 Å². The monoisotopic (exact) mass is 400 g/mol. The highest BCUT2D eigenvalue weighted by molar-refractivity contribution is 5.97. The van der Waals surface area contributed by atoms with Crippen molar-refractivity contribution in [2.45, 2.75) is 12.5 Å². The van der Waals surface area contributed by atoms with Gasteiger partial charge in [0.2, 0.25) is 0 Å². The van der Waals surface area contributed by atoms with Crippen LogP contribution in [0.4, 0.5) is 0 Å². The Kier molecular flexibility index (Phi) is 4.35. The van der Waals surface area contributed by atoms with Gasteiger partial charge in [-0.2, -0.15) is 0 Å². The average Bonchev–Trinajstić information content (AvgIpc) is 3.26. The number of hydrogen-bond acceptors (Lipinski definition) is 5. The summed E-state index contributed by atoms with van der Waals surface area (Å²) in [4.78, 5) is 27.4. The lowest BCUT2D eigenvalue weighted by atomic mass is 9.90. The predicted octanol–water partition coefficient (Wildman–Crippen LogP) is 3.46. The molecule has 7 heteroatoms. The molecule has 5 rings (SSSR count). The molecular formula is C23H20N4O3. The van der Waals surface area contributed by atoms with Crippen molar-refractivity contribution in [2.24, 2.45) is 0 Å². The number of hydrogen-bond donors (Lipinski definition) is 2. The first kappa shape index (κ1) is 18.2. The van der Waals surface area contributed by atoms with Crippen LogP contribution in [0.25, 0.3) is 10.9 Å². The summed E-state index contributed by atoms with van der Waals surface area (Å²) >= 11 is 0. The van der Waals surface area contributed by atoms with Crippen LogP contribution >= 0.6 is 0 Å². The van der Waals surface area contributed by atoms with Crippen molar-refractivity contribution in [1.29, 1.82) is 0 Å². The number of phenols is 1. The molecule has 0 aliphatic carbocycles. The number of aromatic hydroxyl groups is 1. The summed E-state index contributed by atoms with van der Waals surface area (Å²) in [5, 5.41) is 10.8. The van der Waals surface area contributed by atoms with Crippen LogP contribution in [0.15, 0.2) is 60.9 Å². The summed E-state index contributed by atoms with van der Waals surface area (Å²) < 4.78 is 5.50. The molecule has 1 aliphatic rings. The van der Waals surface area contributed by atoms with Crippen molar-refractivity contribution in [2.75, 3.05) is 13.7 Å². The Morgan fingerprint density at radius 3 is 2.90 bits per heavy atom. The number of aromatic amines is 1. The van der Waals surface area contributed by atoms with Gasteiger partial charge in [0.15, 0.2) is 0 Å². The van der Waals surface area contributed by atoms with E-state index in [1.807, 2.05) is 30.3 Å². The van der Waals surface area contributed by atoms with Gasteiger partial charge in [-0.3, -0.25) is 4.79 Å². The molecule has 1 unspecified atom stereocenters. The third-order valence-electron chi connectivity index (χ3n) is 5.51. The Bertz CT molecular complexity index is 1250. The van der Waals surface area contributed by atoms with Gasteiger partial charge in [-0.15, -0.1) is 0 Å². The molecule has 1 amide bonds.